The fourth-order valence-corrected chi connectivity index (χ4v) is 4.66. The maximum absolute atomic E-state index is 12.4. The van der Waals surface area contributed by atoms with Gasteiger partial charge in [-0.2, -0.15) is 5.26 Å². The smallest absolute Gasteiger partial charge is 0.259 e. The number of nitriles is 1. The van der Waals surface area contributed by atoms with Crippen molar-refractivity contribution in [1.29, 1.82) is 5.26 Å². The van der Waals surface area contributed by atoms with Gasteiger partial charge in [0.15, 0.2) is 0 Å². The SMILES string of the molecule is Cc1nc(SCc2nc3sc(C)c(C)c3c(=O)[nH]2)c(C#N)c(C)c1C. The molecule has 0 saturated carbocycles. The van der Waals surface area contributed by atoms with Crippen molar-refractivity contribution < 1.29 is 0 Å². The van der Waals surface area contributed by atoms with E-state index in [9.17, 15) is 10.1 Å². The van der Waals surface area contributed by atoms with Gasteiger partial charge in [0.25, 0.3) is 5.56 Å². The minimum Gasteiger partial charge on any atom is -0.309 e. The molecule has 0 atom stereocenters. The molecule has 0 unspecified atom stereocenters. The molecule has 0 aliphatic heterocycles. The molecule has 128 valence electrons. The van der Waals surface area contributed by atoms with Crippen molar-refractivity contribution in [3.8, 4) is 6.07 Å². The van der Waals surface area contributed by atoms with Gasteiger partial charge in [0, 0.05) is 10.6 Å². The van der Waals surface area contributed by atoms with E-state index in [-0.39, 0.29) is 5.56 Å². The van der Waals surface area contributed by atoms with Crippen LogP contribution in [0.1, 0.15) is 38.6 Å². The zero-order chi connectivity index (χ0) is 18.3. The van der Waals surface area contributed by atoms with Crippen LogP contribution < -0.4 is 5.56 Å². The van der Waals surface area contributed by atoms with E-state index in [1.54, 1.807) is 0 Å². The molecule has 0 fully saturated rings. The highest BCUT2D eigenvalue weighted by atomic mass is 32.2. The van der Waals surface area contributed by atoms with Gasteiger partial charge in [-0.3, -0.25) is 4.79 Å². The van der Waals surface area contributed by atoms with Crippen LogP contribution in [0, 0.1) is 45.9 Å². The molecule has 3 heterocycles. The first-order valence-corrected chi connectivity index (χ1v) is 9.63. The van der Waals surface area contributed by atoms with E-state index in [1.165, 1.54) is 23.1 Å². The Morgan fingerprint density at radius 2 is 1.84 bits per heavy atom. The van der Waals surface area contributed by atoms with Crippen molar-refractivity contribution in [2.24, 2.45) is 0 Å². The number of thioether (sulfide) groups is 1. The summed E-state index contributed by atoms with van der Waals surface area (Å²) in [6.07, 6.45) is 0. The summed E-state index contributed by atoms with van der Waals surface area (Å²) in [4.78, 5) is 26.2. The molecule has 0 aromatic carbocycles. The van der Waals surface area contributed by atoms with Crippen LogP contribution >= 0.6 is 23.1 Å². The summed E-state index contributed by atoms with van der Waals surface area (Å²) < 4.78 is 0. The first kappa shape index (κ1) is 17.6. The quantitative estimate of drug-likeness (QED) is 0.702. The zero-order valence-electron chi connectivity index (χ0n) is 14.8. The lowest BCUT2D eigenvalue weighted by Crippen LogP contribution is -2.11. The van der Waals surface area contributed by atoms with Crippen LogP contribution in [0.25, 0.3) is 10.2 Å². The number of thiophene rings is 1. The number of pyridine rings is 1. The molecule has 5 nitrogen and oxygen atoms in total. The third-order valence-electron chi connectivity index (χ3n) is 4.51. The number of hydrogen-bond donors (Lipinski definition) is 1. The Bertz CT molecular complexity index is 1090. The van der Waals surface area contributed by atoms with Crippen LogP contribution in [0.2, 0.25) is 0 Å². The number of aromatic nitrogens is 3. The van der Waals surface area contributed by atoms with E-state index in [4.69, 9.17) is 0 Å². The van der Waals surface area contributed by atoms with Gasteiger partial charge >= 0.3 is 0 Å². The average Bonchev–Trinajstić information content (AvgIpc) is 2.85. The number of aromatic amines is 1. The summed E-state index contributed by atoms with van der Waals surface area (Å²) in [7, 11) is 0. The highest BCUT2D eigenvalue weighted by Crippen LogP contribution is 2.29. The van der Waals surface area contributed by atoms with Gasteiger partial charge in [-0.25, -0.2) is 9.97 Å². The molecule has 25 heavy (non-hydrogen) atoms. The van der Waals surface area contributed by atoms with Gasteiger partial charge in [0.1, 0.15) is 21.7 Å². The first-order valence-electron chi connectivity index (χ1n) is 7.83. The Morgan fingerprint density at radius 1 is 1.12 bits per heavy atom. The number of nitrogens with zero attached hydrogens (tertiary/aromatic N) is 3. The highest BCUT2D eigenvalue weighted by molar-refractivity contribution is 7.98. The minimum absolute atomic E-state index is 0.104. The number of aryl methyl sites for hydroxylation is 3. The monoisotopic (exact) mass is 370 g/mol. The van der Waals surface area contributed by atoms with Crippen LogP contribution in [-0.2, 0) is 5.75 Å². The average molecular weight is 371 g/mol. The highest BCUT2D eigenvalue weighted by Gasteiger charge is 2.15. The Balaban J connectivity index is 1.97. The maximum Gasteiger partial charge on any atom is 0.259 e. The molecule has 0 spiro atoms. The number of fused-ring (bicyclic) bond motifs is 1. The van der Waals surface area contributed by atoms with Crippen LogP contribution in [0.5, 0.6) is 0 Å². The topological polar surface area (TPSA) is 82.4 Å². The second kappa shape index (κ2) is 6.62. The van der Waals surface area contributed by atoms with Crippen molar-refractivity contribution in [2.45, 2.75) is 45.4 Å². The van der Waals surface area contributed by atoms with E-state index in [1.807, 2.05) is 34.6 Å². The summed E-state index contributed by atoms with van der Waals surface area (Å²) in [5.41, 5.74) is 4.40. The van der Waals surface area contributed by atoms with Crippen molar-refractivity contribution in [3.63, 3.8) is 0 Å². The zero-order valence-corrected chi connectivity index (χ0v) is 16.4. The summed E-state index contributed by atoms with van der Waals surface area (Å²) in [6, 6.07) is 2.25. The number of hydrogen-bond acceptors (Lipinski definition) is 6. The molecule has 0 bridgehead atoms. The minimum atomic E-state index is -0.104. The van der Waals surface area contributed by atoms with E-state index in [2.05, 4.69) is 21.0 Å². The van der Waals surface area contributed by atoms with E-state index >= 15 is 0 Å². The molecule has 1 N–H and O–H groups in total. The van der Waals surface area contributed by atoms with Crippen LogP contribution in [0.3, 0.4) is 0 Å². The van der Waals surface area contributed by atoms with Crippen molar-refractivity contribution in [3.05, 3.63) is 49.0 Å². The third-order valence-corrected chi connectivity index (χ3v) is 6.60. The van der Waals surface area contributed by atoms with Crippen molar-refractivity contribution in [1.82, 2.24) is 15.0 Å². The molecule has 7 heteroatoms. The van der Waals surface area contributed by atoms with Gasteiger partial charge in [0.2, 0.25) is 0 Å². The largest absolute Gasteiger partial charge is 0.309 e. The van der Waals surface area contributed by atoms with E-state index in [0.717, 1.165) is 32.1 Å². The predicted octanol–water partition coefficient (Wildman–Crippen LogP) is 4.09. The predicted molar refractivity (Wildman–Crippen MR) is 102 cm³/mol. The molecule has 0 radical (unpaired) electrons. The molecule has 0 saturated heterocycles. The molecule has 0 amide bonds. The lowest BCUT2D eigenvalue weighted by Gasteiger charge is -2.10. The van der Waals surface area contributed by atoms with Crippen molar-refractivity contribution >= 4 is 33.3 Å². The summed E-state index contributed by atoms with van der Waals surface area (Å²) in [5.74, 6) is 1.07. The Hall–Kier alpha value is -2.17. The van der Waals surface area contributed by atoms with Gasteiger partial charge in [-0.15, -0.1) is 11.3 Å². The van der Waals surface area contributed by atoms with E-state index < -0.39 is 0 Å². The molecule has 0 aliphatic rings. The molecule has 3 aromatic heterocycles. The fraction of sp³-hybridized carbons (Fsp3) is 0.333. The summed E-state index contributed by atoms with van der Waals surface area (Å²) in [5, 5.41) is 10.8. The van der Waals surface area contributed by atoms with Crippen molar-refractivity contribution in [2.75, 3.05) is 0 Å². The Morgan fingerprint density at radius 3 is 2.52 bits per heavy atom. The Kier molecular flexibility index (Phi) is 4.67. The normalized spacial score (nSPS) is 11.0. The molecule has 3 rings (SSSR count). The summed E-state index contributed by atoms with van der Waals surface area (Å²) in [6.45, 7) is 9.80. The second-order valence-electron chi connectivity index (χ2n) is 6.00. The summed E-state index contributed by atoms with van der Waals surface area (Å²) >= 11 is 2.96. The van der Waals surface area contributed by atoms with Gasteiger partial charge in [-0.1, -0.05) is 11.8 Å². The third kappa shape index (κ3) is 3.08. The Labute approximate surface area is 154 Å². The van der Waals surface area contributed by atoms with Crippen LogP contribution in [0.4, 0.5) is 0 Å². The lowest BCUT2D eigenvalue weighted by atomic mass is 10.1. The molecular formula is C18H18N4OS2. The second-order valence-corrected chi connectivity index (χ2v) is 8.17. The molecule has 0 aliphatic carbocycles. The number of rotatable bonds is 3. The number of H-pyrrole nitrogens is 1. The standard InChI is InChI=1S/C18H18N4OS2/c1-8-9(2)13(6-19)17(20-11(8)4)24-7-14-21-16(23)15-10(3)12(5)25-18(15)22-14/h7H2,1-5H3,(H,21,22,23). The lowest BCUT2D eigenvalue weighted by molar-refractivity contribution is 0.990. The first-order chi connectivity index (χ1) is 11.8. The van der Waals surface area contributed by atoms with E-state index in [0.29, 0.717) is 27.6 Å². The van der Waals surface area contributed by atoms with Gasteiger partial charge in [-0.05, 0) is 51.3 Å². The fourth-order valence-electron chi connectivity index (χ4n) is 2.65. The van der Waals surface area contributed by atoms with Crippen LogP contribution in [0.15, 0.2) is 9.82 Å². The number of nitrogens with one attached hydrogen (secondary N) is 1. The van der Waals surface area contributed by atoms with Gasteiger partial charge in [0.05, 0.1) is 16.7 Å². The maximum atomic E-state index is 12.4. The van der Waals surface area contributed by atoms with Crippen LogP contribution in [-0.4, -0.2) is 15.0 Å². The molecular weight excluding hydrogens is 352 g/mol. The van der Waals surface area contributed by atoms with Gasteiger partial charge < -0.3 is 4.98 Å². The molecule has 3 aromatic rings.